The summed E-state index contributed by atoms with van der Waals surface area (Å²) in [5, 5.41) is 8.23. The molecule has 5 aromatic carbocycles. The zero-order valence-electron chi connectivity index (χ0n) is 35.7. The molecule has 10 rings (SSSR count). The topological polar surface area (TPSA) is 76.9 Å². The summed E-state index contributed by atoms with van der Waals surface area (Å²) >= 11 is 13.4. The molecular weight excluding hydrogens is 846 g/mol. The van der Waals surface area contributed by atoms with Crippen LogP contribution < -0.4 is 10.4 Å². The van der Waals surface area contributed by atoms with Crippen molar-refractivity contribution in [1.82, 2.24) is 14.8 Å². The largest absolute Gasteiger partial charge is 0.404 e. The van der Waals surface area contributed by atoms with Crippen molar-refractivity contribution in [2.75, 3.05) is 13.2 Å². The predicted octanol–water partition coefficient (Wildman–Crippen LogP) is 10.6. The van der Waals surface area contributed by atoms with E-state index in [0.717, 1.165) is 52.7 Å². The van der Waals surface area contributed by atoms with Crippen molar-refractivity contribution >= 4 is 52.9 Å². The molecule has 8 nitrogen and oxygen atoms in total. The maximum Gasteiger partial charge on any atom is 0.261 e. The molecular formula is C52H51Cl2N3O5Si. The normalized spacial score (nSPS) is 22.2. The molecule has 0 radical (unpaired) electrons. The van der Waals surface area contributed by atoms with E-state index in [9.17, 15) is 0 Å². The number of rotatable bonds is 12. The van der Waals surface area contributed by atoms with Crippen LogP contribution in [-0.4, -0.2) is 59.9 Å². The van der Waals surface area contributed by atoms with Gasteiger partial charge in [0, 0.05) is 12.8 Å². The van der Waals surface area contributed by atoms with Crippen LogP contribution in [-0.2, 0) is 29.0 Å². The van der Waals surface area contributed by atoms with Gasteiger partial charge in [-0.2, -0.15) is 5.10 Å². The first-order valence-corrected chi connectivity index (χ1v) is 24.5. The molecule has 1 saturated carbocycles. The van der Waals surface area contributed by atoms with Gasteiger partial charge in [-0.3, -0.25) is 0 Å². The van der Waals surface area contributed by atoms with Crippen LogP contribution in [0.4, 0.5) is 0 Å². The second-order valence-corrected chi connectivity index (χ2v) is 23.2. The first-order valence-electron chi connectivity index (χ1n) is 21.9. The number of aromatic nitrogens is 3. The van der Waals surface area contributed by atoms with E-state index in [2.05, 4.69) is 154 Å². The first kappa shape index (κ1) is 42.3. The number of halogens is 2. The van der Waals surface area contributed by atoms with Crippen LogP contribution in [0.3, 0.4) is 0 Å². The molecule has 3 aliphatic rings. The van der Waals surface area contributed by atoms with Crippen LogP contribution in [0.25, 0.3) is 11.0 Å². The highest BCUT2D eigenvalue weighted by molar-refractivity contribution is 6.99. The predicted molar refractivity (Wildman–Crippen MR) is 250 cm³/mol. The fourth-order valence-electron chi connectivity index (χ4n) is 10.4. The number of nitrogens with zero attached hydrogens (tertiary/aromatic N) is 3. The van der Waals surface area contributed by atoms with Crippen LogP contribution in [0.2, 0.25) is 15.2 Å². The molecule has 2 aromatic heterocycles. The Morgan fingerprint density at radius 1 is 0.683 bits per heavy atom. The number of hydrogen-bond acceptors (Lipinski definition) is 7. The maximum absolute atomic E-state index is 7.90. The fraction of sp³-hybridized carbons (Fsp3) is 0.308. The van der Waals surface area contributed by atoms with Crippen molar-refractivity contribution in [2.24, 2.45) is 0 Å². The van der Waals surface area contributed by atoms with E-state index in [4.69, 9.17) is 56.7 Å². The highest BCUT2D eigenvalue weighted by atomic mass is 35.5. The van der Waals surface area contributed by atoms with Gasteiger partial charge in [-0.15, -0.1) is 0 Å². The van der Waals surface area contributed by atoms with E-state index in [-0.39, 0.29) is 23.4 Å². The Balaban J connectivity index is 1.18. The van der Waals surface area contributed by atoms with Gasteiger partial charge in [0.05, 0.1) is 29.8 Å². The number of ether oxygens (including phenoxy) is 4. The van der Waals surface area contributed by atoms with E-state index in [1.165, 1.54) is 0 Å². The summed E-state index contributed by atoms with van der Waals surface area (Å²) in [6.07, 6.45) is 3.15. The number of hydrogen-bond donors (Lipinski definition) is 0. The van der Waals surface area contributed by atoms with Gasteiger partial charge in [0.25, 0.3) is 8.32 Å². The molecule has 4 heterocycles. The molecule has 0 bridgehead atoms. The molecule has 0 unspecified atom stereocenters. The van der Waals surface area contributed by atoms with Gasteiger partial charge in [0.15, 0.2) is 17.7 Å². The smallest absolute Gasteiger partial charge is 0.261 e. The highest BCUT2D eigenvalue weighted by Crippen LogP contribution is 2.55. The van der Waals surface area contributed by atoms with E-state index in [1.807, 2.05) is 18.2 Å². The third kappa shape index (κ3) is 7.27. The second-order valence-electron chi connectivity index (χ2n) is 18.1. The molecule has 3 fully saturated rings. The monoisotopic (exact) mass is 895 g/mol. The number of benzene rings is 5. The lowest BCUT2D eigenvalue weighted by molar-refractivity contribution is -0.252. The molecule has 0 amide bonds. The molecule has 1 spiro atoms. The van der Waals surface area contributed by atoms with Crippen molar-refractivity contribution in [3.8, 4) is 0 Å². The molecule has 1 aliphatic carbocycles. The highest BCUT2D eigenvalue weighted by Gasteiger charge is 2.68. The molecule has 4 atom stereocenters. The molecule has 63 heavy (non-hydrogen) atoms. The van der Waals surface area contributed by atoms with Gasteiger partial charge in [-0.1, -0.05) is 196 Å². The van der Waals surface area contributed by atoms with Crippen molar-refractivity contribution < 1.29 is 23.4 Å². The standard InChI is InChI=1S/C52H51Cl2N3O5Si/c1-49(2,3)63(40-27-15-7-16-28-40,41-29-17-8-18-30-41)59-36-50(35-58-52(37-21-9-4-10-22-37,38-23-11-5-12-24-38)39-25-13-6-14-26-39)46-45(60-51(61-46)31-19-20-32-51)48(62-50)57-47-42(34-55-57)43(53)33-44(54)56-47/h4-18,21-30,33-34,45-46,48H,19-20,31-32,35-36H2,1-3H3/t45-,46+,48-,50-/m1/s1. The summed E-state index contributed by atoms with van der Waals surface area (Å²) < 4.78 is 39.6. The summed E-state index contributed by atoms with van der Waals surface area (Å²) in [7, 11) is -3.16. The minimum atomic E-state index is -3.16. The summed E-state index contributed by atoms with van der Waals surface area (Å²) in [6, 6.07) is 54.2. The van der Waals surface area contributed by atoms with Gasteiger partial charge in [-0.05, 0) is 51.0 Å². The molecule has 7 aromatic rings. The molecule has 322 valence electrons. The number of fused-ring (bicyclic) bond motifs is 2. The summed E-state index contributed by atoms with van der Waals surface area (Å²) in [5.41, 5.74) is 1.07. The van der Waals surface area contributed by atoms with E-state index in [1.54, 1.807) is 16.9 Å². The zero-order chi connectivity index (χ0) is 43.3. The van der Waals surface area contributed by atoms with Crippen LogP contribution in [0.1, 0.15) is 69.4 Å². The van der Waals surface area contributed by atoms with Gasteiger partial charge in [0.2, 0.25) is 0 Å². The number of pyridine rings is 1. The van der Waals surface area contributed by atoms with Gasteiger partial charge in [-0.25, -0.2) is 9.67 Å². The van der Waals surface area contributed by atoms with Gasteiger partial charge in [0.1, 0.15) is 28.6 Å². The Morgan fingerprint density at radius 2 is 1.19 bits per heavy atom. The fourth-order valence-corrected chi connectivity index (χ4v) is 15.5. The lowest BCUT2D eigenvalue weighted by Crippen LogP contribution is -2.68. The Labute approximate surface area is 380 Å². The third-order valence-electron chi connectivity index (χ3n) is 13.3. The Morgan fingerprint density at radius 3 is 1.70 bits per heavy atom. The zero-order valence-corrected chi connectivity index (χ0v) is 38.2. The maximum atomic E-state index is 7.90. The van der Waals surface area contributed by atoms with Gasteiger partial charge >= 0.3 is 0 Å². The summed E-state index contributed by atoms with van der Waals surface area (Å²) in [4.78, 5) is 4.74. The van der Waals surface area contributed by atoms with Crippen LogP contribution >= 0.6 is 23.2 Å². The summed E-state index contributed by atoms with van der Waals surface area (Å²) in [6.45, 7) is 7.01. The van der Waals surface area contributed by atoms with Crippen LogP contribution in [0, 0.1) is 0 Å². The average molecular weight is 897 g/mol. The molecule has 2 aliphatic heterocycles. The van der Waals surface area contributed by atoms with Crippen molar-refractivity contribution in [1.29, 1.82) is 0 Å². The minimum absolute atomic E-state index is 0.0507. The summed E-state index contributed by atoms with van der Waals surface area (Å²) in [5.74, 6) is -0.804. The Hall–Kier alpha value is -4.68. The van der Waals surface area contributed by atoms with Gasteiger partial charge < -0.3 is 23.4 Å². The SMILES string of the molecule is CC(C)(C)[Si](OC[C@@]1(COC(c2ccccc2)(c2ccccc2)c2ccccc2)O[C@@H](n2ncc3c(Cl)cc(Cl)nc32)[C@@H]2OC3(CCCC3)O[C@@H]21)(c1ccccc1)c1ccccc1. The lowest BCUT2D eigenvalue weighted by atomic mass is 9.80. The second kappa shape index (κ2) is 16.7. The van der Waals surface area contributed by atoms with E-state index < -0.39 is 43.7 Å². The molecule has 0 N–H and O–H groups in total. The average Bonchev–Trinajstić information content (AvgIpc) is 4.10. The Bertz CT molecular complexity index is 2530. The van der Waals surface area contributed by atoms with E-state index in [0.29, 0.717) is 16.1 Å². The Kier molecular flexibility index (Phi) is 11.2. The molecule has 11 heteroatoms. The van der Waals surface area contributed by atoms with Crippen molar-refractivity contribution in [3.63, 3.8) is 0 Å². The first-order chi connectivity index (χ1) is 30.6. The van der Waals surface area contributed by atoms with Crippen molar-refractivity contribution in [3.05, 3.63) is 191 Å². The minimum Gasteiger partial charge on any atom is -0.404 e. The van der Waals surface area contributed by atoms with Crippen LogP contribution in [0.5, 0.6) is 0 Å². The molecule has 2 saturated heterocycles. The lowest BCUT2D eigenvalue weighted by Gasteiger charge is -2.46. The van der Waals surface area contributed by atoms with Crippen molar-refractivity contribution in [2.45, 2.75) is 86.9 Å². The third-order valence-corrected chi connectivity index (χ3v) is 18.7. The van der Waals surface area contributed by atoms with E-state index >= 15 is 0 Å². The quantitative estimate of drug-likeness (QED) is 0.0687. The van der Waals surface area contributed by atoms with Crippen LogP contribution in [0.15, 0.2) is 164 Å².